The van der Waals surface area contributed by atoms with Gasteiger partial charge < -0.3 is 5.11 Å². The van der Waals surface area contributed by atoms with Crippen molar-refractivity contribution in [2.45, 2.75) is 12.1 Å². The number of thioether (sulfide) groups is 1. The van der Waals surface area contributed by atoms with Crippen molar-refractivity contribution < 1.29 is 9.90 Å². The van der Waals surface area contributed by atoms with Gasteiger partial charge >= 0.3 is 5.97 Å². The molecular formula is C10H10BrN3O2S2. The summed E-state index contributed by atoms with van der Waals surface area (Å²) in [6, 6.07) is 2.01. The van der Waals surface area contributed by atoms with Gasteiger partial charge in [0, 0.05) is 7.05 Å². The molecule has 0 aliphatic rings. The standard InChI is InChI=1S/C10H10BrN3O2S2/c1-5-3-6(18-8(5)11)9-12-10(14(2)13-9)17-4-7(15)16/h3H,4H2,1-2H3,(H,15,16). The highest BCUT2D eigenvalue weighted by molar-refractivity contribution is 9.11. The van der Waals surface area contributed by atoms with Gasteiger partial charge in [0.15, 0.2) is 11.0 Å². The van der Waals surface area contributed by atoms with E-state index in [4.69, 9.17) is 5.11 Å². The Kier molecular flexibility index (Phi) is 4.08. The van der Waals surface area contributed by atoms with Crippen LogP contribution >= 0.6 is 39.0 Å². The van der Waals surface area contributed by atoms with Crippen LogP contribution in [0.1, 0.15) is 5.56 Å². The first kappa shape index (κ1) is 13.6. The fourth-order valence-electron chi connectivity index (χ4n) is 1.30. The molecule has 0 aliphatic carbocycles. The molecular weight excluding hydrogens is 338 g/mol. The number of hydrogen-bond donors (Lipinski definition) is 1. The van der Waals surface area contributed by atoms with Crippen LogP contribution in [-0.4, -0.2) is 31.6 Å². The van der Waals surface area contributed by atoms with Gasteiger partial charge in [-0.05, 0) is 34.5 Å². The summed E-state index contributed by atoms with van der Waals surface area (Å²) in [6.07, 6.45) is 0. The molecule has 0 radical (unpaired) electrons. The maximum absolute atomic E-state index is 10.5. The second-order valence-electron chi connectivity index (χ2n) is 3.59. The van der Waals surface area contributed by atoms with E-state index in [9.17, 15) is 4.79 Å². The monoisotopic (exact) mass is 347 g/mol. The van der Waals surface area contributed by atoms with Gasteiger partial charge in [0.2, 0.25) is 0 Å². The van der Waals surface area contributed by atoms with E-state index in [1.54, 1.807) is 23.1 Å². The Bertz CT molecular complexity index is 574. The molecule has 96 valence electrons. The van der Waals surface area contributed by atoms with E-state index in [1.165, 1.54) is 0 Å². The molecule has 2 rings (SSSR count). The molecule has 0 aromatic carbocycles. The van der Waals surface area contributed by atoms with Crippen LogP contribution < -0.4 is 0 Å². The summed E-state index contributed by atoms with van der Waals surface area (Å²) in [5.74, 6) is -0.248. The van der Waals surface area contributed by atoms with Crippen LogP contribution in [0.3, 0.4) is 0 Å². The minimum absolute atomic E-state index is 0.0147. The normalized spacial score (nSPS) is 10.8. The minimum atomic E-state index is -0.862. The number of carboxylic acid groups (broad SMARTS) is 1. The summed E-state index contributed by atoms with van der Waals surface area (Å²) in [5, 5.41) is 13.5. The van der Waals surface area contributed by atoms with Crippen molar-refractivity contribution in [1.82, 2.24) is 14.8 Å². The van der Waals surface area contributed by atoms with Crippen molar-refractivity contribution in [3.63, 3.8) is 0 Å². The van der Waals surface area contributed by atoms with Crippen molar-refractivity contribution in [1.29, 1.82) is 0 Å². The molecule has 2 aromatic heterocycles. The van der Waals surface area contributed by atoms with Crippen molar-refractivity contribution >= 4 is 45.0 Å². The molecule has 2 heterocycles. The summed E-state index contributed by atoms with van der Waals surface area (Å²) in [7, 11) is 1.76. The SMILES string of the molecule is Cc1cc(-c2nc(SCC(=O)O)n(C)n2)sc1Br. The van der Waals surface area contributed by atoms with Crippen molar-refractivity contribution in [2.75, 3.05) is 5.75 Å². The Morgan fingerprint density at radius 2 is 2.39 bits per heavy atom. The number of carboxylic acids is 1. The number of carbonyl (C=O) groups is 1. The predicted molar refractivity (Wildman–Crippen MR) is 75.1 cm³/mol. The van der Waals surface area contributed by atoms with Crippen molar-refractivity contribution in [3.8, 4) is 10.7 Å². The second kappa shape index (κ2) is 5.41. The van der Waals surface area contributed by atoms with Gasteiger partial charge in [-0.2, -0.15) is 0 Å². The van der Waals surface area contributed by atoms with Crippen LogP contribution in [0.25, 0.3) is 10.7 Å². The zero-order chi connectivity index (χ0) is 13.3. The number of aromatic nitrogens is 3. The maximum atomic E-state index is 10.5. The lowest BCUT2D eigenvalue weighted by atomic mass is 10.3. The molecule has 8 heteroatoms. The number of aliphatic carboxylic acids is 1. The summed E-state index contributed by atoms with van der Waals surface area (Å²) < 4.78 is 2.66. The van der Waals surface area contributed by atoms with Crippen molar-refractivity contribution in [3.05, 3.63) is 15.4 Å². The van der Waals surface area contributed by atoms with Crippen LogP contribution in [0.5, 0.6) is 0 Å². The van der Waals surface area contributed by atoms with Gasteiger partial charge in [0.1, 0.15) is 0 Å². The third-order valence-electron chi connectivity index (χ3n) is 2.13. The van der Waals surface area contributed by atoms with Crippen LogP contribution in [-0.2, 0) is 11.8 Å². The topological polar surface area (TPSA) is 68.0 Å². The fourth-order valence-corrected chi connectivity index (χ4v) is 3.39. The van der Waals surface area contributed by atoms with Crippen LogP contribution in [0.2, 0.25) is 0 Å². The summed E-state index contributed by atoms with van der Waals surface area (Å²) >= 11 is 6.19. The van der Waals surface area contributed by atoms with E-state index in [-0.39, 0.29) is 5.75 Å². The highest BCUT2D eigenvalue weighted by Gasteiger charge is 2.14. The molecule has 0 fully saturated rings. The highest BCUT2D eigenvalue weighted by atomic mass is 79.9. The molecule has 18 heavy (non-hydrogen) atoms. The van der Waals surface area contributed by atoms with Crippen LogP contribution in [0, 0.1) is 6.92 Å². The lowest BCUT2D eigenvalue weighted by Crippen LogP contribution is -2.00. The maximum Gasteiger partial charge on any atom is 0.313 e. The molecule has 0 unspecified atom stereocenters. The lowest BCUT2D eigenvalue weighted by Gasteiger charge is -1.94. The van der Waals surface area contributed by atoms with E-state index >= 15 is 0 Å². The van der Waals surface area contributed by atoms with Gasteiger partial charge in [-0.25, -0.2) is 9.67 Å². The summed E-state index contributed by atoms with van der Waals surface area (Å²) in [4.78, 5) is 15.8. The molecule has 0 amide bonds. The summed E-state index contributed by atoms with van der Waals surface area (Å²) in [6.45, 7) is 2.01. The zero-order valence-corrected chi connectivity index (χ0v) is 12.9. The third kappa shape index (κ3) is 2.93. The first-order valence-corrected chi connectivity index (χ1v) is 7.59. The number of aryl methyl sites for hydroxylation is 2. The number of halogens is 1. The Morgan fingerprint density at radius 1 is 1.67 bits per heavy atom. The van der Waals surface area contributed by atoms with Gasteiger partial charge in [-0.15, -0.1) is 16.4 Å². The first-order valence-electron chi connectivity index (χ1n) is 4.99. The quantitative estimate of drug-likeness (QED) is 0.861. The molecule has 0 aliphatic heterocycles. The predicted octanol–water partition coefficient (Wildman–Crippen LogP) is 2.79. The molecule has 0 saturated heterocycles. The lowest BCUT2D eigenvalue weighted by molar-refractivity contribution is -0.133. The molecule has 0 bridgehead atoms. The van der Waals surface area contributed by atoms with Crippen molar-refractivity contribution in [2.24, 2.45) is 7.05 Å². The van der Waals surface area contributed by atoms with Crippen LogP contribution in [0.4, 0.5) is 0 Å². The number of thiophene rings is 1. The van der Waals surface area contributed by atoms with Gasteiger partial charge in [-0.1, -0.05) is 11.8 Å². The van der Waals surface area contributed by atoms with Crippen LogP contribution in [0.15, 0.2) is 15.0 Å². The van der Waals surface area contributed by atoms with E-state index in [1.807, 2.05) is 13.0 Å². The Hall–Kier alpha value is -0.860. The largest absolute Gasteiger partial charge is 0.481 e. The zero-order valence-electron chi connectivity index (χ0n) is 9.68. The number of rotatable bonds is 4. The molecule has 0 spiro atoms. The smallest absolute Gasteiger partial charge is 0.313 e. The molecule has 0 atom stereocenters. The second-order valence-corrected chi connectivity index (χ2v) is 6.90. The minimum Gasteiger partial charge on any atom is -0.481 e. The molecule has 0 saturated carbocycles. The summed E-state index contributed by atoms with van der Waals surface area (Å²) in [5.41, 5.74) is 1.14. The van der Waals surface area contributed by atoms with Gasteiger partial charge in [-0.3, -0.25) is 4.79 Å². The number of hydrogen-bond acceptors (Lipinski definition) is 5. The molecule has 1 N–H and O–H groups in total. The molecule has 5 nitrogen and oxygen atoms in total. The fraction of sp³-hybridized carbons (Fsp3) is 0.300. The highest BCUT2D eigenvalue weighted by Crippen LogP contribution is 2.33. The number of nitrogens with zero attached hydrogens (tertiary/aromatic N) is 3. The van der Waals surface area contributed by atoms with E-state index in [0.29, 0.717) is 11.0 Å². The average Bonchev–Trinajstić information content (AvgIpc) is 2.81. The van der Waals surface area contributed by atoms with E-state index in [0.717, 1.165) is 26.0 Å². The van der Waals surface area contributed by atoms with E-state index in [2.05, 4.69) is 26.0 Å². The Morgan fingerprint density at radius 3 is 2.94 bits per heavy atom. The third-order valence-corrected chi connectivity index (χ3v) is 5.26. The van der Waals surface area contributed by atoms with E-state index < -0.39 is 5.97 Å². The van der Waals surface area contributed by atoms with Gasteiger partial charge in [0.05, 0.1) is 14.4 Å². The first-order chi connectivity index (χ1) is 8.47. The average molecular weight is 348 g/mol. The Labute approximate surface area is 120 Å². The van der Waals surface area contributed by atoms with Gasteiger partial charge in [0.25, 0.3) is 0 Å². The molecule has 2 aromatic rings. The Balaban J connectivity index is 2.25.